The molecular formula is C17H23NO6S. The third-order valence-electron chi connectivity index (χ3n) is 3.58. The summed E-state index contributed by atoms with van der Waals surface area (Å²) in [7, 11) is -4.08. The number of esters is 1. The molecule has 8 heteroatoms. The van der Waals surface area contributed by atoms with Gasteiger partial charge in [0, 0.05) is 6.42 Å². The first kappa shape index (κ1) is 19.4. The third kappa shape index (κ3) is 5.27. The lowest BCUT2D eigenvalue weighted by Gasteiger charge is -2.37. The van der Waals surface area contributed by atoms with Crippen molar-refractivity contribution in [2.24, 2.45) is 0 Å². The second-order valence-corrected chi connectivity index (χ2v) is 8.57. The zero-order chi connectivity index (χ0) is 18.8. The molecule has 0 bridgehead atoms. The van der Waals surface area contributed by atoms with Gasteiger partial charge in [-0.15, -0.1) is 4.28 Å². The van der Waals surface area contributed by atoms with Crippen molar-refractivity contribution in [3.63, 3.8) is 0 Å². The summed E-state index contributed by atoms with van der Waals surface area (Å²) in [5.74, 6) is -0.821. The van der Waals surface area contributed by atoms with Gasteiger partial charge in [0.2, 0.25) is 5.91 Å². The van der Waals surface area contributed by atoms with Crippen LogP contribution in [0.15, 0.2) is 29.2 Å². The molecule has 1 fully saturated rings. The highest BCUT2D eigenvalue weighted by atomic mass is 32.2. The molecular weight excluding hydrogens is 346 g/mol. The van der Waals surface area contributed by atoms with Crippen LogP contribution in [0.3, 0.4) is 0 Å². The zero-order valence-electron chi connectivity index (χ0n) is 14.8. The molecule has 0 N–H and O–H groups in total. The number of hydrogen-bond donors (Lipinski definition) is 0. The van der Waals surface area contributed by atoms with Crippen molar-refractivity contribution >= 4 is 22.0 Å². The van der Waals surface area contributed by atoms with Gasteiger partial charge in [-0.1, -0.05) is 17.7 Å². The number of β-lactam (4-membered cyclic amide) rings is 1. The van der Waals surface area contributed by atoms with Crippen molar-refractivity contribution in [3.8, 4) is 0 Å². The van der Waals surface area contributed by atoms with Crippen molar-refractivity contribution in [2.75, 3.05) is 0 Å². The SMILES string of the molecule is Cc1ccc(S(=O)(=O)ON2C(=O)C[C@H]2CCC(=O)OC(C)(C)C)cc1. The monoisotopic (exact) mass is 369 g/mol. The average molecular weight is 369 g/mol. The van der Waals surface area contributed by atoms with Crippen LogP contribution in [0.25, 0.3) is 0 Å². The van der Waals surface area contributed by atoms with Crippen LogP contribution in [-0.2, 0) is 28.7 Å². The maximum atomic E-state index is 12.3. The van der Waals surface area contributed by atoms with Crippen molar-refractivity contribution in [1.29, 1.82) is 0 Å². The van der Waals surface area contributed by atoms with Crippen LogP contribution in [0.5, 0.6) is 0 Å². The molecule has 25 heavy (non-hydrogen) atoms. The van der Waals surface area contributed by atoms with Crippen LogP contribution < -0.4 is 0 Å². The Balaban J connectivity index is 1.95. The molecule has 0 aromatic heterocycles. The second-order valence-electron chi connectivity index (χ2n) is 7.04. The Morgan fingerprint density at radius 3 is 2.36 bits per heavy atom. The molecule has 1 heterocycles. The van der Waals surface area contributed by atoms with Crippen LogP contribution in [0.2, 0.25) is 0 Å². The van der Waals surface area contributed by atoms with Gasteiger partial charge in [-0.3, -0.25) is 9.59 Å². The highest BCUT2D eigenvalue weighted by Crippen LogP contribution is 2.27. The number of hydrogen-bond acceptors (Lipinski definition) is 6. The number of aryl methyl sites for hydroxylation is 1. The molecule has 0 saturated carbocycles. The Labute approximate surface area is 148 Å². The van der Waals surface area contributed by atoms with E-state index in [0.717, 1.165) is 10.6 Å². The van der Waals surface area contributed by atoms with Crippen LogP contribution in [0.4, 0.5) is 0 Å². The zero-order valence-corrected chi connectivity index (χ0v) is 15.6. The van der Waals surface area contributed by atoms with Crippen molar-refractivity contribution in [3.05, 3.63) is 29.8 Å². The van der Waals surface area contributed by atoms with E-state index in [4.69, 9.17) is 9.02 Å². The van der Waals surface area contributed by atoms with Gasteiger partial charge in [-0.2, -0.15) is 13.5 Å². The molecule has 1 aliphatic rings. The number of carbonyl (C=O) groups is 2. The van der Waals surface area contributed by atoms with Gasteiger partial charge in [0.05, 0.1) is 17.4 Å². The largest absolute Gasteiger partial charge is 0.460 e. The Morgan fingerprint density at radius 2 is 1.84 bits per heavy atom. The molecule has 0 radical (unpaired) electrons. The standard InChI is InChI=1S/C17H23NO6S/c1-12-5-8-14(9-6-12)25(21,22)24-18-13(11-15(18)19)7-10-16(20)23-17(2,3)4/h5-6,8-9,13H,7,10-11H2,1-4H3/t13-/m1/s1. The van der Waals surface area contributed by atoms with Gasteiger partial charge in [-0.05, 0) is 46.2 Å². The molecule has 0 unspecified atom stereocenters. The fourth-order valence-electron chi connectivity index (χ4n) is 2.32. The van der Waals surface area contributed by atoms with E-state index in [1.165, 1.54) is 12.1 Å². The summed E-state index contributed by atoms with van der Waals surface area (Å²) >= 11 is 0. The lowest BCUT2D eigenvalue weighted by molar-refractivity contribution is -0.190. The molecule has 0 aliphatic carbocycles. The first-order valence-corrected chi connectivity index (χ1v) is 9.44. The minimum absolute atomic E-state index is 0.0244. The van der Waals surface area contributed by atoms with Gasteiger partial charge in [0.1, 0.15) is 5.60 Å². The lowest BCUT2D eigenvalue weighted by atomic mass is 10.0. The summed E-state index contributed by atoms with van der Waals surface area (Å²) < 4.78 is 34.7. The number of benzene rings is 1. The van der Waals surface area contributed by atoms with E-state index < -0.39 is 33.6 Å². The summed E-state index contributed by atoms with van der Waals surface area (Å²) in [6.45, 7) is 7.13. The van der Waals surface area contributed by atoms with Gasteiger partial charge in [0.15, 0.2) is 0 Å². The van der Waals surface area contributed by atoms with Crippen LogP contribution in [0, 0.1) is 6.92 Å². The minimum atomic E-state index is -4.08. The molecule has 1 saturated heterocycles. The van der Waals surface area contributed by atoms with Gasteiger partial charge >= 0.3 is 16.1 Å². The summed E-state index contributed by atoms with van der Waals surface area (Å²) in [6.07, 6.45) is 0.510. The second kappa shape index (κ2) is 7.13. The number of carbonyl (C=O) groups excluding carboxylic acids is 2. The number of hydroxylamine groups is 2. The highest BCUT2D eigenvalue weighted by Gasteiger charge is 2.41. The molecule has 2 rings (SSSR count). The first-order valence-electron chi connectivity index (χ1n) is 8.03. The van der Waals surface area contributed by atoms with E-state index in [1.807, 2.05) is 6.92 Å². The summed E-state index contributed by atoms with van der Waals surface area (Å²) in [4.78, 5) is 23.4. The van der Waals surface area contributed by atoms with Crippen molar-refractivity contribution in [2.45, 2.75) is 63.5 Å². The Hall–Kier alpha value is -1.93. The molecule has 1 aliphatic heterocycles. The Morgan fingerprint density at radius 1 is 1.24 bits per heavy atom. The predicted octanol–water partition coefficient (Wildman–Crippen LogP) is 2.34. The van der Waals surface area contributed by atoms with Gasteiger partial charge in [-0.25, -0.2) is 0 Å². The molecule has 1 amide bonds. The van der Waals surface area contributed by atoms with Crippen LogP contribution in [-0.4, -0.2) is 37.0 Å². The molecule has 138 valence electrons. The van der Waals surface area contributed by atoms with Gasteiger partial charge in [0.25, 0.3) is 0 Å². The van der Waals surface area contributed by atoms with E-state index in [2.05, 4.69) is 0 Å². The first-order chi connectivity index (χ1) is 11.5. The van der Waals surface area contributed by atoms with E-state index in [9.17, 15) is 18.0 Å². The summed E-state index contributed by atoms with van der Waals surface area (Å²) in [5, 5.41) is 0.833. The number of amides is 1. The predicted molar refractivity (Wildman–Crippen MR) is 89.8 cm³/mol. The Bertz CT molecular complexity index is 748. The fourth-order valence-corrected chi connectivity index (χ4v) is 3.29. The van der Waals surface area contributed by atoms with Gasteiger partial charge < -0.3 is 4.74 Å². The number of nitrogens with zero attached hydrogens (tertiary/aromatic N) is 1. The summed E-state index contributed by atoms with van der Waals surface area (Å²) in [5.41, 5.74) is 0.325. The number of ether oxygens (including phenoxy) is 1. The van der Waals surface area contributed by atoms with Crippen LogP contribution in [0.1, 0.15) is 45.6 Å². The van der Waals surface area contributed by atoms with E-state index in [1.54, 1.807) is 32.9 Å². The third-order valence-corrected chi connectivity index (χ3v) is 4.78. The molecule has 1 aromatic carbocycles. The maximum absolute atomic E-state index is 12.3. The lowest BCUT2D eigenvalue weighted by Crippen LogP contribution is -2.53. The smallest absolute Gasteiger partial charge is 0.317 e. The topological polar surface area (TPSA) is 90.0 Å². The number of rotatable bonds is 6. The van der Waals surface area contributed by atoms with E-state index in [-0.39, 0.29) is 24.2 Å². The van der Waals surface area contributed by atoms with E-state index in [0.29, 0.717) is 0 Å². The molecule has 1 atom stereocenters. The highest BCUT2D eigenvalue weighted by molar-refractivity contribution is 7.86. The quantitative estimate of drug-likeness (QED) is 0.565. The molecule has 0 spiro atoms. The fraction of sp³-hybridized carbons (Fsp3) is 0.529. The molecule has 1 aromatic rings. The minimum Gasteiger partial charge on any atom is -0.460 e. The summed E-state index contributed by atoms with van der Waals surface area (Å²) in [6, 6.07) is 5.68. The van der Waals surface area contributed by atoms with Crippen molar-refractivity contribution in [1.82, 2.24) is 5.06 Å². The van der Waals surface area contributed by atoms with E-state index >= 15 is 0 Å². The maximum Gasteiger partial charge on any atom is 0.317 e. The average Bonchev–Trinajstić information content (AvgIpc) is 2.48. The van der Waals surface area contributed by atoms with Crippen LogP contribution >= 0.6 is 0 Å². The Kier molecular flexibility index (Phi) is 5.53. The molecule has 7 nitrogen and oxygen atoms in total. The van der Waals surface area contributed by atoms with Crippen molar-refractivity contribution < 1.29 is 27.0 Å². The normalized spacial score (nSPS) is 18.0.